The minimum absolute atomic E-state index is 0.320. The first-order chi connectivity index (χ1) is 8.22. The smallest absolute Gasteiger partial charge is 0.339 e. The highest BCUT2D eigenvalue weighted by atomic mass is 16.5. The van der Waals surface area contributed by atoms with Gasteiger partial charge in [0.25, 0.3) is 0 Å². The number of aromatic nitrogens is 1. The van der Waals surface area contributed by atoms with E-state index in [0.29, 0.717) is 18.2 Å². The molecule has 0 saturated carbocycles. The Kier molecular flexibility index (Phi) is 3.58. The number of carbonyl (C=O) groups excluding carboxylic acids is 1. The predicted octanol–water partition coefficient (Wildman–Crippen LogP) is 0.666. The summed E-state index contributed by atoms with van der Waals surface area (Å²) in [6, 6.07) is 4.10. The lowest BCUT2D eigenvalue weighted by molar-refractivity contribution is 0.0526. The molecule has 0 unspecified atom stereocenters. The van der Waals surface area contributed by atoms with Crippen molar-refractivity contribution in [2.24, 2.45) is 0 Å². The lowest BCUT2D eigenvalue weighted by Crippen LogP contribution is -2.56. The molecule has 1 N–H and O–H groups in total. The Morgan fingerprint density at radius 1 is 1.59 bits per heavy atom. The highest BCUT2D eigenvalue weighted by molar-refractivity contribution is 5.89. The fourth-order valence-electron chi connectivity index (χ4n) is 1.66. The fraction of sp³-hybridized carbons (Fsp3) is 0.500. The van der Waals surface area contributed by atoms with Crippen molar-refractivity contribution in [3.8, 4) is 0 Å². The number of nitrogens with one attached hydrogen (secondary N) is 1. The van der Waals surface area contributed by atoms with Crippen LogP contribution in [-0.2, 0) is 4.74 Å². The highest BCUT2D eigenvalue weighted by Crippen LogP contribution is 2.14. The summed E-state index contributed by atoms with van der Waals surface area (Å²) in [7, 11) is 2.01. The lowest BCUT2D eigenvalue weighted by atomic mass is 10.1. The van der Waals surface area contributed by atoms with E-state index in [9.17, 15) is 4.79 Å². The molecule has 0 spiro atoms. The average Bonchev–Trinajstić information content (AvgIpc) is 2.27. The molecule has 1 aromatic rings. The molecular formula is C12H17N3O2. The summed E-state index contributed by atoms with van der Waals surface area (Å²) in [5.74, 6) is 0.559. The number of esters is 1. The Morgan fingerprint density at radius 3 is 2.82 bits per heavy atom. The number of carbonyl (C=O) groups is 1. The number of anilines is 1. The molecule has 5 heteroatoms. The first-order valence-corrected chi connectivity index (χ1v) is 5.79. The van der Waals surface area contributed by atoms with E-state index < -0.39 is 0 Å². The molecule has 0 radical (unpaired) electrons. The van der Waals surface area contributed by atoms with Crippen molar-refractivity contribution in [1.29, 1.82) is 0 Å². The lowest BCUT2D eigenvalue weighted by Gasteiger charge is -2.36. The summed E-state index contributed by atoms with van der Waals surface area (Å²) in [5, 5.41) is 3.21. The number of ether oxygens (including phenoxy) is 1. The SMILES string of the molecule is CCOC(=O)c1ccc(N(C)C2CNC2)nc1. The molecule has 5 nitrogen and oxygen atoms in total. The third-order valence-corrected chi connectivity index (χ3v) is 2.93. The molecule has 0 aromatic carbocycles. The molecule has 1 aromatic heterocycles. The largest absolute Gasteiger partial charge is 0.462 e. The van der Waals surface area contributed by atoms with Gasteiger partial charge in [-0.3, -0.25) is 0 Å². The van der Waals surface area contributed by atoms with Gasteiger partial charge in [-0.15, -0.1) is 0 Å². The van der Waals surface area contributed by atoms with Gasteiger partial charge in [-0.25, -0.2) is 9.78 Å². The molecule has 2 rings (SSSR count). The molecule has 1 aliphatic rings. The van der Waals surface area contributed by atoms with Gasteiger partial charge in [0.1, 0.15) is 5.82 Å². The summed E-state index contributed by atoms with van der Waals surface area (Å²) in [6.07, 6.45) is 1.57. The predicted molar refractivity (Wildman–Crippen MR) is 65.3 cm³/mol. The van der Waals surface area contributed by atoms with Crippen molar-refractivity contribution in [3.63, 3.8) is 0 Å². The molecule has 0 bridgehead atoms. The Hall–Kier alpha value is -1.62. The molecule has 1 fully saturated rings. The zero-order valence-electron chi connectivity index (χ0n) is 10.1. The van der Waals surface area contributed by atoms with Gasteiger partial charge < -0.3 is 15.0 Å². The van der Waals surface area contributed by atoms with Crippen molar-refractivity contribution in [2.75, 3.05) is 31.6 Å². The van der Waals surface area contributed by atoms with Crippen LogP contribution in [0, 0.1) is 0 Å². The standard InChI is InChI=1S/C12H17N3O2/c1-3-17-12(16)9-4-5-11(14-6-9)15(2)10-7-13-8-10/h4-6,10,13H,3,7-8H2,1-2H3. The van der Waals surface area contributed by atoms with Crippen molar-refractivity contribution in [1.82, 2.24) is 10.3 Å². The monoisotopic (exact) mass is 235 g/mol. The van der Waals surface area contributed by atoms with Crippen molar-refractivity contribution in [3.05, 3.63) is 23.9 Å². The zero-order chi connectivity index (χ0) is 12.3. The molecule has 0 atom stereocenters. The van der Waals surface area contributed by atoms with Crippen LogP contribution in [0.15, 0.2) is 18.3 Å². The molecule has 1 saturated heterocycles. The van der Waals surface area contributed by atoms with Gasteiger partial charge in [0.2, 0.25) is 0 Å². The summed E-state index contributed by atoms with van der Waals surface area (Å²) >= 11 is 0. The van der Waals surface area contributed by atoms with Crippen LogP contribution >= 0.6 is 0 Å². The molecule has 0 amide bonds. The van der Waals surface area contributed by atoms with Crippen LogP contribution < -0.4 is 10.2 Å². The Labute approximate surface area is 101 Å². The van der Waals surface area contributed by atoms with Gasteiger partial charge in [-0.05, 0) is 19.1 Å². The van der Waals surface area contributed by atoms with Crippen molar-refractivity contribution < 1.29 is 9.53 Å². The van der Waals surface area contributed by atoms with Crippen molar-refractivity contribution >= 4 is 11.8 Å². The summed E-state index contributed by atoms with van der Waals surface area (Å²) in [4.78, 5) is 17.8. The Bertz CT molecular complexity index is 387. The van der Waals surface area contributed by atoms with E-state index in [4.69, 9.17) is 4.74 Å². The minimum atomic E-state index is -0.320. The second-order valence-electron chi connectivity index (χ2n) is 4.05. The Morgan fingerprint density at radius 2 is 2.35 bits per heavy atom. The molecular weight excluding hydrogens is 218 g/mol. The van der Waals surface area contributed by atoms with E-state index in [2.05, 4.69) is 15.2 Å². The number of rotatable bonds is 4. The number of hydrogen-bond donors (Lipinski definition) is 1. The van der Waals surface area contributed by atoms with Crippen LogP contribution in [0.4, 0.5) is 5.82 Å². The van der Waals surface area contributed by atoms with Gasteiger partial charge in [0.05, 0.1) is 18.2 Å². The third kappa shape index (κ3) is 2.55. The third-order valence-electron chi connectivity index (χ3n) is 2.93. The van der Waals surface area contributed by atoms with Crippen LogP contribution in [0.1, 0.15) is 17.3 Å². The highest BCUT2D eigenvalue weighted by Gasteiger charge is 2.22. The Balaban J connectivity index is 2.04. The van der Waals surface area contributed by atoms with Gasteiger partial charge in [-0.2, -0.15) is 0 Å². The van der Waals surface area contributed by atoms with Gasteiger partial charge in [0, 0.05) is 26.3 Å². The summed E-state index contributed by atoms with van der Waals surface area (Å²) in [5.41, 5.74) is 0.496. The van der Waals surface area contributed by atoms with Crippen LogP contribution in [-0.4, -0.2) is 43.7 Å². The quantitative estimate of drug-likeness (QED) is 0.777. The van der Waals surface area contributed by atoms with E-state index in [0.717, 1.165) is 18.9 Å². The van der Waals surface area contributed by atoms with Gasteiger partial charge >= 0.3 is 5.97 Å². The van der Waals surface area contributed by atoms with Gasteiger partial charge in [-0.1, -0.05) is 0 Å². The summed E-state index contributed by atoms with van der Waals surface area (Å²) in [6.45, 7) is 4.14. The van der Waals surface area contributed by atoms with Crippen LogP contribution in [0.25, 0.3) is 0 Å². The second kappa shape index (κ2) is 5.14. The normalized spacial score (nSPS) is 15.2. The maximum atomic E-state index is 11.4. The van der Waals surface area contributed by atoms with Crippen LogP contribution in [0.3, 0.4) is 0 Å². The van der Waals surface area contributed by atoms with E-state index in [-0.39, 0.29) is 5.97 Å². The fourth-order valence-corrected chi connectivity index (χ4v) is 1.66. The number of hydrogen-bond acceptors (Lipinski definition) is 5. The maximum absolute atomic E-state index is 11.4. The topological polar surface area (TPSA) is 54.5 Å². The maximum Gasteiger partial charge on any atom is 0.339 e. The molecule has 17 heavy (non-hydrogen) atoms. The molecule has 1 aliphatic heterocycles. The van der Waals surface area contributed by atoms with E-state index in [1.165, 1.54) is 0 Å². The zero-order valence-corrected chi connectivity index (χ0v) is 10.1. The van der Waals surface area contributed by atoms with E-state index in [1.54, 1.807) is 19.2 Å². The average molecular weight is 235 g/mol. The number of nitrogens with zero attached hydrogens (tertiary/aromatic N) is 2. The van der Waals surface area contributed by atoms with E-state index in [1.807, 2.05) is 13.1 Å². The first kappa shape index (κ1) is 11.9. The van der Waals surface area contributed by atoms with Crippen LogP contribution in [0.2, 0.25) is 0 Å². The van der Waals surface area contributed by atoms with Gasteiger partial charge in [0.15, 0.2) is 0 Å². The van der Waals surface area contributed by atoms with E-state index >= 15 is 0 Å². The first-order valence-electron chi connectivity index (χ1n) is 5.79. The molecule has 0 aliphatic carbocycles. The second-order valence-corrected chi connectivity index (χ2v) is 4.05. The minimum Gasteiger partial charge on any atom is -0.462 e. The molecule has 92 valence electrons. The number of pyridine rings is 1. The summed E-state index contributed by atoms with van der Waals surface area (Å²) < 4.78 is 4.91. The van der Waals surface area contributed by atoms with Crippen molar-refractivity contribution in [2.45, 2.75) is 13.0 Å². The molecule has 2 heterocycles. The number of likely N-dealkylation sites (N-methyl/N-ethyl adjacent to an activating group) is 1. The van der Waals surface area contributed by atoms with Crippen LogP contribution in [0.5, 0.6) is 0 Å².